The number of halogens is 6. The van der Waals surface area contributed by atoms with E-state index in [0.717, 1.165) is 18.2 Å². The largest absolute Gasteiger partial charge is 0.481 e. The van der Waals surface area contributed by atoms with Crippen LogP contribution in [0.25, 0.3) is 0 Å². The third-order valence-corrected chi connectivity index (χ3v) is 3.41. The molecule has 0 aliphatic carbocycles. The molecule has 1 unspecified atom stereocenters. The van der Waals surface area contributed by atoms with Crippen LogP contribution in [0.1, 0.15) is 17.2 Å². The first-order chi connectivity index (χ1) is 10.4. The number of ether oxygens (including phenoxy) is 1. The molecule has 1 aliphatic rings. The van der Waals surface area contributed by atoms with Crippen LogP contribution < -0.4 is 4.74 Å². The molecule has 0 aromatic heterocycles. The average molecular weight is 344 g/mol. The summed E-state index contributed by atoms with van der Waals surface area (Å²) in [6.45, 7) is 0. The molecule has 2 N–H and O–H groups in total. The highest BCUT2D eigenvalue weighted by molar-refractivity contribution is 5.72. The van der Waals surface area contributed by atoms with Gasteiger partial charge in [0.2, 0.25) is 6.10 Å². The van der Waals surface area contributed by atoms with Crippen LogP contribution in [0.4, 0.5) is 26.3 Å². The minimum atomic E-state index is -4.95. The van der Waals surface area contributed by atoms with Crippen LogP contribution in [0.2, 0.25) is 0 Å². The van der Waals surface area contributed by atoms with Crippen LogP contribution in [-0.2, 0) is 11.2 Å². The molecule has 0 spiro atoms. The Labute approximate surface area is 125 Å². The number of hydrogen-bond acceptors (Lipinski definition) is 3. The van der Waals surface area contributed by atoms with Crippen LogP contribution in [-0.4, -0.2) is 34.6 Å². The number of aliphatic hydroxyl groups is 1. The summed E-state index contributed by atoms with van der Waals surface area (Å²) in [6, 6.07) is 2.44. The van der Waals surface area contributed by atoms with Gasteiger partial charge in [-0.1, -0.05) is 6.07 Å². The molecule has 4 nitrogen and oxygen atoms in total. The second-order valence-electron chi connectivity index (χ2n) is 5.04. The Bertz CT molecular complexity index is 609. The summed E-state index contributed by atoms with van der Waals surface area (Å²) in [5.74, 6) is -4.12. The van der Waals surface area contributed by atoms with Crippen molar-refractivity contribution in [3.05, 3.63) is 29.3 Å². The van der Waals surface area contributed by atoms with E-state index < -0.39 is 48.4 Å². The van der Waals surface area contributed by atoms with Gasteiger partial charge in [-0.15, -0.1) is 0 Å². The minimum Gasteiger partial charge on any atom is -0.481 e. The van der Waals surface area contributed by atoms with Crippen LogP contribution >= 0.6 is 0 Å². The smallest absolute Gasteiger partial charge is 0.426 e. The third-order valence-electron chi connectivity index (χ3n) is 3.41. The van der Waals surface area contributed by atoms with Gasteiger partial charge in [-0.3, -0.25) is 4.79 Å². The van der Waals surface area contributed by atoms with Crippen molar-refractivity contribution >= 4 is 5.97 Å². The van der Waals surface area contributed by atoms with Gasteiger partial charge in [0.05, 0.1) is 0 Å². The molecular formula is C13H10F6O4. The Kier molecular flexibility index (Phi) is 4.22. The van der Waals surface area contributed by atoms with Gasteiger partial charge in [0, 0.05) is 0 Å². The zero-order chi connectivity index (χ0) is 17.6. The molecular weight excluding hydrogens is 334 g/mol. The Morgan fingerprint density at radius 3 is 2.30 bits per heavy atom. The molecule has 1 aromatic rings. The Morgan fingerprint density at radius 1 is 1.22 bits per heavy atom. The van der Waals surface area contributed by atoms with E-state index in [1.807, 2.05) is 0 Å². The van der Waals surface area contributed by atoms with Crippen LogP contribution in [0.3, 0.4) is 0 Å². The second-order valence-corrected chi connectivity index (χ2v) is 5.04. The molecule has 1 aromatic carbocycles. The van der Waals surface area contributed by atoms with Gasteiger partial charge in [0.25, 0.3) is 0 Å². The predicted molar refractivity (Wildman–Crippen MR) is 62.8 cm³/mol. The van der Waals surface area contributed by atoms with Crippen LogP contribution in [0.15, 0.2) is 18.2 Å². The van der Waals surface area contributed by atoms with E-state index in [9.17, 15) is 31.1 Å². The van der Waals surface area contributed by atoms with E-state index in [1.54, 1.807) is 0 Å². The fraction of sp³-hybridized carbons (Fsp3) is 0.462. The van der Waals surface area contributed by atoms with Gasteiger partial charge >= 0.3 is 18.3 Å². The van der Waals surface area contributed by atoms with Gasteiger partial charge < -0.3 is 14.9 Å². The molecule has 10 heteroatoms. The summed E-state index contributed by atoms with van der Waals surface area (Å²) in [5.41, 5.74) is -0.742. The van der Waals surface area contributed by atoms with E-state index in [4.69, 9.17) is 10.2 Å². The topological polar surface area (TPSA) is 66.8 Å². The van der Waals surface area contributed by atoms with E-state index in [2.05, 4.69) is 4.74 Å². The van der Waals surface area contributed by atoms with Gasteiger partial charge in [-0.2, -0.15) is 26.3 Å². The second kappa shape index (κ2) is 5.59. The van der Waals surface area contributed by atoms with E-state index in [-0.39, 0.29) is 11.3 Å². The summed E-state index contributed by atoms with van der Waals surface area (Å²) < 4.78 is 80.5. The SMILES string of the molecule is O=C(O)[C@@H]1Cc2cc(C(O)C(F)(F)F)ccc2O[C@@H]1C(F)(F)F. The van der Waals surface area contributed by atoms with E-state index in [1.165, 1.54) is 0 Å². The number of hydrogen-bond donors (Lipinski definition) is 2. The normalized spacial score (nSPS) is 22.9. The number of carbonyl (C=O) groups is 1. The summed E-state index contributed by atoms with van der Waals surface area (Å²) in [7, 11) is 0. The fourth-order valence-corrected chi connectivity index (χ4v) is 2.31. The molecule has 0 amide bonds. The standard InChI is InChI=1S/C13H10F6O4/c14-12(15,16)9(20)5-1-2-8-6(3-5)4-7(11(21)22)10(23-8)13(17,18)19/h1-3,7,9-10,20H,4H2,(H,21,22)/t7-,9?,10+/m1/s1. The molecule has 1 aliphatic heterocycles. The summed E-state index contributed by atoms with van der Waals surface area (Å²) in [6.07, 6.45) is -16.0. The Balaban J connectivity index is 2.39. The molecule has 23 heavy (non-hydrogen) atoms. The maximum Gasteiger partial charge on any atom is 0.426 e. The average Bonchev–Trinajstić information content (AvgIpc) is 2.42. The van der Waals surface area contributed by atoms with Crippen molar-refractivity contribution in [2.45, 2.75) is 31.0 Å². The number of aliphatic hydroxyl groups excluding tert-OH is 1. The lowest BCUT2D eigenvalue weighted by atomic mass is 9.89. The summed E-state index contributed by atoms with van der Waals surface area (Å²) in [5, 5.41) is 18.0. The lowest BCUT2D eigenvalue weighted by Crippen LogP contribution is -2.47. The number of carboxylic acids is 1. The van der Waals surface area contributed by atoms with Gasteiger partial charge in [-0.25, -0.2) is 0 Å². The molecule has 0 radical (unpaired) electrons. The zero-order valence-electron chi connectivity index (χ0n) is 11.1. The quantitative estimate of drug-likeness (QED) is 0.810. The molecule has 128 valence electrons. The third kappa shape index (κ3) is 3.52. The highest BCUT2D eigenvalue weighted by Crippen LogP contribution is 2.41. The molecule has 0 saturated carbocycles. The van der Waals surface area contributed by atoms with Crippen molar-refractivity contribution in [2.24, 2.45) is 5.92 Å². The fourth-order valence-electron chi connectivity index (χ4n) is 2.31. The lowest BCUT2D eigenvalue weighted by molar-refractivity contribution is -0.217. The highest BCUT2D eigenvalue weighted by Gasteiger charge is 2.52. The molecule has 2 rings (SSSR count). The molecule has 1 heterocycles. The Hall–Kier alpha value is -1.97. The predicted octanol–water partition coefficient (Wildman–Crippen LogP) is 2.85. The van der Waals surface area contributed by atoms with Crippen LogP contribution in [0.5, 0.6) is 5.75 Å². The van der Waals surface area contributed by atoms with Crippen molar-refractivity contribution < 1.29 is 46.1 Å². The minimum absolute atomic E-state index is 0.140. The summed E-state index contributed by atoms with van der Waals surface area (Å²) in [4.78, 5) is 11.0. The number of aliphatic carboxylic acids is 1. The number of rotatable bonds is 2. The van der Waals surface area contributed by atoms with E-state index in [0.29, 0.717) is 0 Å². The number of carboxylic acid groups (broad SMARTS) is 1. The monoisotopic (exact) mass is 344 g/mol. The van der Waals surface area contributed by atoms with E-state index >= 15 is 0 Å². The van der Waals surface area contributed by atoms with Crippen molar-refractivity contribution in [2.75, 3.05) is 0 Å². The van der Waals surface area contributed by atoms with Crippen molar-refractivity contribution in [1.29, 1.82) is 0 Å². The maximum absolute atomic E-state index is 12.8. The highest BCUT2D eigenvalue weighted by atomic mass is 19.4. The first kappa shape index (κ1) is 17.4. The zero-order valence-corrected chi connectivity index (χ0v) is 11.1. The van der Waals surface area contributed by atoms with Crippen LogP contribution in [0, 0.1) is 5.92 Å². The number of benzene rings is 1. The number of alkyl halides is 6. The Morgan fingerprint density at radius 2 is 1.83 bits per heavy atom. The first-order valence-electron chi connectivity index (χ1n) is 6.25. The lowest BCUT2D eigenvalue weighted by Gasteiger charge is -2.32. The van der Waals surface area contributed by atoms with Crippen molar-refractivity contribution in [1.82, 2.24) is 0 Å². The van der Waals surface area contributed by atoms with Gasteiger partial charge in [-0.05, 0) is 29.7 Å². The first-order valence-corrected chi connectivity index (χ1v) is 6.25. The number of fused-ring (bicyclic) bond motifs is 1. The molecule has 0 saturated heterocycles. The van der Waals surface area contributed by atoms with Gasteiger partial charge in [0.15, 0.2) is 6.10 Å². The molecule has 0 bridgehead atoms. The van der Waals surface area contributed by atoms with Gasteiger partial charge in [0.1, 0.15) is 11.7 Å². The maximum atomic E-state index is 12.8. The van der Waals surface area contributed by atoms with Crippen molar-refractivity contribution in [3.8, 4) is 5.75 Å². The molecule has 3 atom stereocenters. The van der Waals surface area contributed by atoms with Crippen molar-refractivity contribution in [3.63, 3.8) is 0 Å². The summed E-state index contributed by atoms with van der Waals surface area (Å²) >= 11 is 0. The molecule has 0 fully saturated rings.